The molecule has 2 rings (SSSR count). The van der Waals surface area contributed by atoms with Gasteiger partial charge in [-0.3, -0.25) is 4.79 Å². The van der Waals surface area contributed by atoms with E-state index < -0.39 is 5.97 Å². The fourth-order valence-electron chi connectivity index (χ4n) is 1.45. The van der Waals surface area contributed by atoms with E-state index >= 15 is 0 Å². The molecule has 2 aromatic rings. The Bertz CT molecular complexity index is 616. The Labute approximate surface area is 91.3 Å². The zero-order valence-electron chi connectivity index (χ0n) is 8.93. The van der Waals surface area contributed by atoms with E-state index in [1.54, 1.807) is 19.3 Å². The second-order valence-electron chi connectivity index (χ2n) is 3.38. The summed E-state index contributed by atoms with van der Waals surface area (Å²) in [4.78, 5) is 27.0. The SMILES string of the molecule is COC(=O)c1cc2c(=O)n(C)ccc2cn1. The molecule has 5 heteroatoms. The molecule has 16 heavy (non-hydrogen) atoms. The van der Waals surface area contributed by atoms with Crippen molar-refractivity contribution in [2.75, 3.05) is 7.11 Å². The summed E-state index contributed by atoms with van der Waals surface area (Å²) in [5.41, 5.74) is -0.0247. The van der Waals surface area contributed by atoms with Gasteiger partial charge in [-0.25, -0.2) is 9.78 Å². The van der Waals surface area contributed by atoms with E-state index in [4.69, 9.17) is 0 Å². The summed E-state index contributed by atoms with van der Waals surface area (Å²) in [5, 5.41) is 1.16. The highest BCUT2D eigenvalue weighted by Crippen LogP contribution is 2.09. The number of rotatable bonds is 1. The Morgan fingerprint density at radius 1 is 1.50 bits per heavy atom. The third-order valence-corrected chi connectivity index (χ3v) is 2.36. The molecule has 5 nitrogen and oxygen atoms in total. The third-order valence-electron chi connectivity index (χ3n) is 2.36. The lowest BCUT2D eigenvalue weighted by molar-refractivity contribution is 0.0594. The van der Waals surface area contributed by atoms with Gasteiger partial charge in [-0.15, -0.1) is 0 Å². The maximum atomic E-state index is 11.8. The van der Waals surface area contributed by atoms with Gasteiger partial charge in [-0.05, 0) is 12.1 Å². The van der Waals surface area contributed by atoms with Crippen molar-refractivity contribution in [2.45, 2.75) is 0 Å². The molecular formula is C11H10N2O3. The minimum atomic E-state index is -0.548. The first-order valence-corrected chi connectivity index (χ1v) is 4.67. The van der Waals surface area contributed by atoms with Crippen molar-refractivity contribution in [1.82, 2.24) is 9.55 Å². The van der Waals surface area contributed by atoms with Crippen LogP contribution in [0.3, 0.4) is 0 Å². The van der Waals surface area contributed by atoms with Crippen molar-refractivity contribution in [1.29, 1.82) is 0 Å². The molecule has 0 aliphatic rings. The maximum absolute atomic E-state index is 11.8. The van der Waals surface area contributed by atoms with E-state index in [9.17, 15) is 9.59 Å². The predicted molar refractivity (Wildman–Crippen MR) is 58.3 cm³/mol. The van der Waals surface area contributed by atoms with Crippen molar-refractivity contribution < 1.29 is 9.53 Å². The molecule has 0 aromatic carbocycles. The first kappa shape index (κ1) is 10.4. The number of hydrogen-bond donors (Lipinski definition) is 0. The van der Waals surface area contributed by atoms with Gasteiger partial charge in [0, 0.05) is 24.8 Å². The van der Waals surface area contributed by atoms with Gasteiger partial charge in [0.25, 0.3) is 5.56 Å². The van der Waals surface area contributed by atoms with E-state index in [1.165, 1.54) is 23.9 Å². The zero-order chi connectivity index (χ0) is 11.7. The van der Waals surface area contributed by atoms with Gasteiger partial charge in [0.15, 0.2) is 0 Å². The lowest BCUT2D eigenvalue weighted by Gasteiger charge is -2.02. The number of aryl methyl sites for hydroxylation is 1. The van der Waals surface area contributed by atoms with Crippen LogP contribution in [-0.4, -0.2) is 22.6 Å². The Morgan fingerprint density at radius 2 is 2.25 bits per heavy atom. The molecule has 0 aliphatic heterocycles. The van der Waals surface area contributed by atoms with Gasteiger partial charge in [0.1, 0.15) is 5.69 Å². The van der Waals surface area contributed by atoms with Crippen LogP contribution in [0.25, 0.3) is 10.8 Å². The Morgan fingerprint density at radius 3 is 2.94 bits per heavy atom. The van der Waals surface area contributed by atoms with Crippen LogP contribution in [0.4, 0.5) is 0 Å². The van der Waals surface area contributed by atoms with Gasteiger partial charge >= 0.3 is 5.97 Å². The average molecular weight is 218 g/mol. The topological polar surface area (TPSA) is 61.2 Å². The van der Waals surface area contributed by atoms with Crippen LogP contribution in [0, 0.1) is 0 Å². The molecular weight excluding hydrogens is 208 g/mol. The van der Waals surface area contributed by atoms with Crippen LogP contribution in [0.15, 0.2) is 29.3 Å². The molecule has 0 bridgehead atoms. The fourth-order valence-corrected chi connectivity index (χ4v) is 1.45. The highest BCUT2D eigenvalue weighted by Gasteiger charge is 2.09. The van der Waals surface area contributed by atoms with Gasteiger partial charge in [0.2, 0.25) is 0 Å². The van der Waals surface area contributed by atoms with Crippen LogP contribution < -0.4 is 5.56 Å². The van der Waals surface area contributed by atoms with Crippen molar-refractivity contribution >= 4 is 16.7 Å². The molecule has 0 aliphatic carbocycles. The normalized spacial score (nSPS) is 10.4. The molecule has 82 valence electrons. The Balaban J connectivity index is 2.74. The maximum Gasteiger partial charge on any atom is 0.356 e. The summed E-state index contributed by atoms with van der Waals surface area (Å²) in [6.07, 6.45) is 3.15. The number of pyridine rings is 2. The van der Waals surface area contributed by atoms with Crippen LogP contribution >= 0.6 is 0 Å². The van der Waals surface area contributed by atoms with Crippen LogP contribution in [0.5, 0.6) is 0 Å². The van der Waals surface area contributed by atoms with E-state index in [2.05, 4.69) is 9.72 Å². The summed E-state index contributed by atoms with van der Waals surface area (Å²) in [6.45, 7) is 0. The number of carbonyl (C=O) groups excluding carboxylic acids is 1. The number of fused-ring (bicyclic) bond motifs is 1. The van der Waals surface area contributed by atoms with Crippen molar-refractivity contribution in [3.05, 3.63) is 40.6 Å². The highest BCUT2D eigenvalue weighted by atomic mass is 16.5. The molecule has 0 radical (unpaired) electrons. The summed E-state index contributed by atoms with van der Waals surface area (Å²) < 4.78 is 5.99. The smallest absolute Gasteiger partial charge is 0.356 e. The van der Waals surface area contributed by atoms with Gasteiger partial charge < -0.3 is 9.30 Å². The molecule has 2 aromatic heterocycles. The number of esters is 1. The number of nitrogens with zero attached hydrogens (tertiary/aromatic N) is 2. The number of aromatic nitrogens is 2. The van der Waals surface area contributed by atoms with Crippen LogP contribution in [0.2, 0.25) is 0 Å². The molecule has 0 unspecified atom stereocenters. The number of ether oxygens (including phenoxy) is 1. The number of hydrogen-bond acceptors (Lipinski definition) is 4. The second kappa shape index (κ2) is 3.77. The average Bonchev–Trinajstić information content (AvgIpc) is 2.32. The first-order chi connectivity index (χ1) is 7.63. The number of carbonyl (C=O) groups is 1. The Hall–Kier alpha value is -2.17. The lowest BCUT2D eigenvalue weighted by Crippen LogP contribution is -2.16. The largest absolute Gasteiger partial charge is 0.464 e. The quantitative estimate of drug-likeness (QED) is 0.662. The van der Waals surface area contributed by atoms with E-state index in [0.717, 1.165) is 0 Å². The first-order valence-electron chi connectivity index (χ1n) is 4.67. The van der Waals surface area contributed by atoms with Crippen LogP contribution in [-0.2, 0) is 11.8 Å². The lowest BCUT2D eigenvalue weighted by atomic mass is 10.2. The van der Waals surface area contributed by atoms with Gasteiger partial charge in [0.05, 0.1) is 12.5 Å². The highest BCUT2D eigenvalue weighted by molar-refractivity contribution is 5.92. The van der Waals surface area contributed by atoms with E-state index in [0.29, 0.717) is 10.8 Å². The summed E-state index contributed by atoms with van der Waals surface area (Å²) in [7, 11) is 2.93. The fraction of sp³-hybridized carbons (Fsp3) is 0.182. The monoisotopic (exact) mass is 218 g/mol. The molecule has 0 saturated carbocycles. The molecule has 2 heterocycles. The minimum Gasteiger partial charge on any atom is -0.464 e. The molecule has 0 N–H and O–H groups in total. The predicted octanol–water partition coefficient (Wildman–Crippen LogP) is 0.720. The second-order valence-corrected chi connectivity index (χ2v) is 3.38. The molecule has 0 amide bonds. The molecule has 0 spiro atoms. The van der Waals surface area contributed by atoms with E-state index in [-0.39, 0.29) is 11.3 Å². The van der Waals surface area contributed by atoms with Crippen molar-refractivity contribution in [2.24, 2.45) is 7.05 Å². The molecule has 0 atom stereocenters. The molecule has 0 saturated heterocycles. The third kappa shape index (κ3) is 1.56. The Kier molecular flexibility index (Phi) is 2.44. The zero-order valence-corrected chi connectivity index (χ0v) is 8.93. The van der Waals surface area contributed by atoms with E-state index in [1.807, 2.05) is 0 Å². The standard InChI is InChI=1S/C11H10N2O3/c1-13-4-3-7-6-12-9(11(15)16-2)5-8(7)10(13)14/h3-6H,1-2H3. The van der Waals surface area contributed by atoms with Gasteiger partial charge in [-0.2, -0.15) is 0 Å². The number of methoxy groups -OCH3 is 1. The minimum absolute atomic E-state index is 0.137. The van der Waals surface area contributed by atoms with Crippen molar-refractivity contribution in [3.8, 4) is 0 Å². The van der Waals surface area contributed by atoms with Crippen LogP contribution in [0.1, 0.15) is 10.5 Å². The summed E-state index contributed by atoms with van der Waals surface area (Å²) in [6, 6.07) is 3.22. The summed E-state index contributed by atoms with van der Waals surface area (Å²) in [5.74, 6) is -0.548. The van der Waals surface area contributed by atoms with Crippen molar-refractivity contribution in [3.63, 3.8) is 0 Å². The summed E-state index contributed by atoms with van der Waals surface area (Å²) >= 11 is 0. The molecule has 0 fully saturated rings. The van der Waals surface area contributed by atoms with Gasteiger partial charge in [-0.1, -0.05) is 0 Å².